The van der Waals surface area contributed by atoms with Crippen LogP contribution in [0.1, 0.15) is 15.9 Å². The van der Waals surface area contributed by atoms with Crippen LogP contribution < -0.4 is 5.32 Å². The zero-order valence-electron chi connectivity index (χ0n) is 11.0. The normalized spacial score (nSPS) is 10.2. The molecule has 0 atom stereocenters. The first-order chi connectivity index (χ1) is 9.90. The van der Waals surface area contributed by atoms with E-state index in [4.69, 9.17) is 5.11 Å². The number of halogens is 1. The van der Waals surface area contributed by atoms with E-state index in [1.165, 1.54) is 18.2 Å². The maximum Gasteiger partial charge on any atom is 0.338 e. The third-order valence-electron chi connectivity index (χ3n) is 2.98. The van der Waals surface area contributed by atoms with Crippen molar-refractivity contribution < 1.29 is 19.2 Å². The molecule has 0 saturated carbocycles. The number of anilines is 2. The van der Waals surface area contributed by atoms with E-state index in [9.17, 15) is 19.3 Å². The number of carboxylic acids is 1. The topological polar surface area (TPSA) is 92.5 Å². The summed E-state index contributed by atoms with van der Waals surface area (Å²) in [4.78, 5) is 21.1. The highest BCUT2D eigenvalue weighted by Gasteiger charge is 2.14. The average molecular weight is 290 g/mol. The Morgan fingerprint density at radius 3 is 2.62 bits per heavy atom. The van der Waals surface area contributed by atoms with E-state index in [1.54, 1.807) is 13.0 Å². The van der Waals surface area contributed by atoms with Gasteiger partial charge in [0.2, 0.25) is 0 Å². The van der Waals surface area contributed by atoms with Gasteiger partial charge in [0, 0.05) is 17.4 Å². The van der Waals surface area contributed by atoms with Gasteiger partial charge in [-0.05, 0) is 31.2 Å². The quantitative estimate of drug-likeness (QED) is 0.664. The summed E-state index contributed by atoms with van der Waals surface area (Å²) in [6.07, 6.45) is 0. The van der Waals surface area contributed by atoms with Crippen molar-refractivity contribution in [2.24, 2.45) is 0 Å². The predicted molar refractivity (Wildman–Crippen MR) is 74.5 cm³/mol. The number of nitrogens with one attached hydrogen (secondary N) is 1. The van der Waals surface area contributed by atoms with Crippen LogP contribution in [-0.4, -0.2) is 16.0 Å². The van der Waals surface area contributed by atoms with Crippen LogP contribution in [-0.2, 0) is 0 Å². The van der Waals surface area contributed by atoms with Gasteiger partial charge >= 0.3 is 5.97 Å². The molecular weight excluding hydrogens is 279 g/mol. The summed E-state index contributed by atoms with van der Waals surface area (Å²) in [6.45, 7) is 1.57. The van der Waals surface area contributed by atoms with Gasteiger partial charge in [0.15, 0.2) is 0 Å². The first-order valence-corrected chi connectivity index (χ1v) is 5.94. The monoisotopic (exact) mass is 290 g/mol. The standard InChI is InChI=1S/C14H11FN2O4/c1-8-12(3-2-4-13(8)17(20)21)16-9-5-6-10(14(18)19)11(15)7-9/h2-7,16H,1H3,(H,18,19). The molecule has 6 nitrogen and oxygen atoms in total. The number of aromatic carboxylic acids is 1. The third kappa shape index (κ3) is 2.97. The predicted octanol–water partition coefficient (Wildman–Crippen LogP) is 3.48. The third-order valence-corrected chi connectivity index (χ3v) is 2.98. The van der Waals surface area contributed by atoms with Crippen LogP contribution in [0, 0.1) is 22.9 Å². The molecule has 21 heavy (non-hydrogen) atoms. The van der Waals surface area contributed by atoms with Crippen molar-refractivity contribution in [3.8, 4) is 0 Å². The van der Waals surface area contributed by atoms with Crippen molar-refractivity contribution in [2.45, 2.75) is 6.92 Å². The van der Waals surface area contributed by atoms with Gasteiger partial charge in [-0.25, -0.2) is 9.18 Å². The van der Waals surface area contributed by atoms with Crippen LogP contribution in [0.2, 0.25) is 0 Å². The maximum absolute atomic E-state index is 13.6. The van der Waals surface area contributed by atoms with E-state index < -0.39 is 22.3 Å². The van der Waals surface area contributed by atoms with E-state index in [1.807, 2.05) is 0 Å². The molecule has 0 fully saturated rings. The Hall–Kier alpha value is -2.96. The van der Waals surface area contributed by atoms with Crippen molar-refractivity contribution in [2.75, 3.05) is 5.32 Å². The van der Waals surface area contributed by atoms with Gasteiger partial charge in [-0.1, -0.05) is 6.07 Å². The fourth-order valence-corrected chi connectivity index (χ4v) is 1.88. The second kappa shape index (κ2) is 5.58. The molecule has 0 radical (unpaired) electrons. The number of benzene rings is 2. The Labute approximate surface area is 119 Å². The molecule has 0 amide bonds. The molecule has 7 heteroatoms. The van der Waals surface area contributed by atoms with Crippen molar-refractivity contribution in [3.63, 3.8) is 0 Å². The zero-order chi connectivity index (χ0) is 15.6. The van der Waals surface area contributed by atoms with Crippen LogP contribution in [0.15, 0.2) is 36.4 Å². The molecule has 0 unspecified atom stereocenters. The number of nitro groups is 1. The first kappa shape index (κ1) is 14.4. The highest BCUT2D eigenvalue weighted by Crippen LogP contribution is 2.28. The maximum atomic E-state index is 13.6. The van der Waals surface area contributed by atoms with Gasteiger partial charge in [0.25, 0.3) is 5.69 Å². The lowest BCUT2D eigenvalue weighted by atomic mass is 10.1. The highest BCUT2D eigenvalue weighted by atomic mass is 19.1. The fourth-order valence-electron chi connectivity index (χ4n) is 1.88. The molecule has 0 aliphatic heterocycles. The van der Waals surface area contributed by atoms with Gasteiger partial charge in [-0.15, -0.1) is 0 Å². The summed E-state index contributed by atoms with van der Waals surface area (Å²) >= 11 is 0. The molecule has 0 saturated heterocycles. The minimum Gasteiger partial charge on any atom is -0.478 e. The van der Waals surface area contributed by atoms with Crippen LogP contribution in [0.5, 0.6) is 0 Å². The van der Waals surface area contributed by atoms with Gasteiger partial charge in [-0.3, -0.25) is 10.1 Å². The average Bonchev–Trinajstić information content (AvgIpc) is 2.40. The molecule has 2 aromatic carbocycles. The Kier molecular flexibility index (Phi) is 3.84. The summed E-state index contributed by atoms with van der Waals surface area (Å²) in [5, 5.41) is 22.4. The SMILES string of the molecule is Cc1c(Nc2ccc(C(=O)O)c(F)c2)cccc1[N+](=O)[O-]. The number of carbonyl (C=O) groups is 1. The molecule has 2 rings (SSSR count). The van der Waals surface area contributed by atoms with Gasteiger partial charge < -0.3 is 10.4 Å². The summed E-state index contributed by atoms with van der Waals surface area (Å²) in [5.41, 5.74) is 0.678. The molecule has 108 valence electrons. The lowest BCUT2D eigenvalue weighted by Crippen LogP contribution is -2.02. The Morgan fingerprint density at radius 2 is 2.05 bits per heavy atom. The number of hydrogen-bond donors (Lipinski definition) is 2. The molecule has 2 aromatic rings. The first-order valence-electron chi connectivity index (χ1n) is 5.94. The fraction of sp³-hybridized carbons (Fsp3) is 0.0714. The van der Waals surface area contributed by atoms with Gasteiger partial charge in [0.05, 0.1) is 16.1 Å². The molecule has 0 bridgehead atoms. The van der Waals surface area contributed by atoms with Gasteiger partial charge in [-0.2, -0.15) is 0 Å². The number of hydrogen-bond acceptors (Lipinski definition) is 4. The van der Waals surface area contributed by atoms with Crippen LogP contribution >= 0.6 is 0 Å². The van der Waals surface area contributed by atoms with E-state index >= 15 is 0 Å². The van der Waals surface area contributed by atoms with Crippen LogP contribution in [0.3, 0.4) is 0 Å². The molecule has 0 aliphatic rings. The van der Waals surface area contributed by atoms with E-state index in [0.717, 1.165) is 12.1 Å². The molecule has 2 N–H and O–H groups in total. The summed E-state index contributed by atoms with van der Waals surface area (Å²) in [7, 11) is 0. The number of rotatable bonds is 4. The Bertz CT molecular complexity index is 731. The second-order valence-corrected chi connectivity index (χ2v) is 4.33. The summed E-state index contributed by atoms with van der Waals surface area (Å²) in [5.74, 6) is -2.24. The van der Waals surface area contributed by atoms with Crippen molar-refractivity contribution in [3.05, 3.63) is 63.5 Å². The highest BCUT2D eigenvalue weighted by molar-refractivity contribution is 5.88. The van der Waals surface area contributed by atoms with Crippen molar-refractivity contribution in [1.82, 2.24) is 0 Å². The van der Waals surface area contributed by atoms with E-state index in [0.29, 0.717) is 16.9 Å². The minimum atomic E-state index is -1.36. The van der Waals surface area contributed by atoms with Crippen LogP contribution in [0.4, 0.5) is 21.5 Å². The molecular formula is C14H11FN2O4. The van der Waals surface area contributed by atoms with Crippen LogP contribution in [0.25, 0.3) is 0 Å². The summed E-state index contributed by atoms with van der Waals surface area (Å²) < 4.78 is 13.6. The number of nitro benzene ring substituents is 1. The number of carboxylic acid groups (broad SMARTS) is 1. The largest absolute Gasteiger partial charge is 0.478 e. The van der Waals surface area contributed by atoms with E-state index in [-0.39, 0.29) is 5.69 Å². The van der Waals surface area contributed by atoms with Crippen molar-refractivity contribution in [1.29, 1.82) is 0 Å². The summed E-state index contributed by atoms with van der Waals surface area (Å²) in [6, 6.07) is 8.05. The minimum absolute atomic E-state index is 0.0531. The molecule has 0 aliphatic carbocycles. The lowest BCUT2D eigenvalue weighted by Gasteiger charge is -2.10. The zero-order valence-corrected chi connectivity index (χ0v) is 11.0. The Morgan fingerprint density at radius 1 is 1.33 bits per heavy atom. The molecule has 0 heterocycles. The Balaban J connectivity index is 2.35. The number of nitrogens with zero attached hydrogens (tertiary/aromatic N) is 1. The molecule has 0 spiro atoms. The second-order valence-electron chi connectivity index (χ2n) is 4.33. The van der Waals surface area contributed by atoms with Crippen molar-refractivity contribution >= 4 is 23.0 Å². The smallest absolute Gasteiger partial charge is 0.338 e. The lowest BCUT2D eigenvalue weighted by molar-refractivity contribution is -0.385. The molecule has 0 aromatic heterocycles. The van der Waals surface area contributed by atoms with E-state index in [2.05, 4.69) is 5.32 Å². The van der Waals surface area contributed by atoms with Gasteiger partial charge in [0.1, 0.15) is 5.82 Å².